The third kappa shape index (κ3) is 6.30. The van der Waals surface area contributed by atoms with Crippen LogP contribution in [0.2, 0.25) is 10.0 Å². The van der Waals surface area contributed by atoms with Crippen LogP contribution in [-0.2, 0) is 4.74 Å². The van der Waals surface area contributed by atoms with Crippen molar-refractivity contribution in [2.75, 3.05) is 25.5 Å². The second-order valence-corrected chi connectivity index (χ2v) is 10.5. The number of fused-ring (bicyclic) bond motifs is 1. The van der Waals surface area contributed by atoms with E-state index in [1.54, 1.807) is 36.3 Å². The van der Waals surface area contributed by atoms with Gasteiger partial charge in [0.05, 0.1) is 34.9 Å². The van der Waals surface area contributed by atoms with E-state index >= 15 is 0 Å². The van der Waals surface area contributed by atoms with E-state index in [9.17, 15) is 4.79 Å². The molecule has 1 amide bonds. The zero-order valence-electron chi connectivity index (χ0n) is 21.1. The summed E-state index contributed by atoms with van der Waals surface area (Å²) in [6.07, 6.45) is 2.38. The summed E-state index contributed by atoms with van der Waals surface area (Å²) in [5.74, 6) is 1.07. The van der Waals surface area contributed by atoms with Crippen molar-refractivity contribution in [3.8, 4) is 11.5 Å². The first-order chi connectivity index (χ1) is 17.6. The Hall–Kier alpha value is -3.41. The molecule has 0 bridgehead atoms. The Morgan fingerprint density at radius 2 is 1.86 bits per heavy atom. The second-order valence-electron chi connectivity index (χ2n) is 9.69. The van der Waals surface area contributed by atoms with Crippen LogP contribution in [0.5, 0.6) is 11.5 Å². The summed E-state index contributed by atoms with van der Waals surface area (Å²) in [5, 5.41) is 4.83. The fraction of sp³-hybridized carbons (Fsp3) is 0.370. The molecule has 0 spiro atoms. The van der Waals surface area contributed by atoms with Crippen molar-refractivity contribution in [2.24, 2.45) is 0 Å². The average molecular weight is 543 g/mol. The Labute approximate surface area is 226 Å². The number of amides is 1. The Morgan fingerprint density at radius 3 is 2.49 bits per heavy atom. The number of carbonyl (C=O) groups excluding carboxylic acids is 1. The topological polar surface area (TPSA) is 77.3 Å². The van der Waals surface area contributed by atoms with Crippen molar-refractivity contribution in [1.29, 1.82) is 0 Å². The third-order valence-electron chi connectivity index (χ3n) is 5.83. The zero-order chi connectivity index (χ0) is 26.7. The zero-order valence-corrected chi connectivity index (χ0v) is 22.6. The van der Waals surface area contributed by atoms with Gasteiger partial charge in [0, 0.05) is 49.3 Å². The predicted molar refractivity (Wildman–Crippen MR) is 146 cm³/mol. The van der Waals surface area contributed by atoms with Crippen molar-refractivity contribution < 1.29 is 19.0 Å². The van der Waals surface area contributed by atoms with Gasteiger partial charge in [-0.05, 0) is 45.0 Å². The smallest absolute Gasteiger partial charge is 0.410 e. The maximum Gasteiger partial charge on any atom is 0.410 e. The fourth-order valence-electron chi connectivity index (χ4n) is 4.04. The molecule has 37 heavy (non-hydrogen) atoms. The van der Waals surface area contributed by atoms with Crippen LogP contribution in [0.3, 0.4) is 0 Å². The van der Waals surface area contributed by atoms with Crippen LogP contribution in [0.15, 0.2) is 36.5 Å². The van der Waals surface area contributed by atoms with E-state index in [0.29, 0.717) is 75.4 Å². The molecule has 3 aromatic rings. The molecule has 4 rings (SSSR count). The number of carbonyl (C=O) groups is 1. The van der Waals surface area contributed by atoms with Crippen LogP contribution in [0.1, 0.15) is 33.6 Å². The fourth-order valence-corrected chi connectivity index (χ4v) is 4.34. The van der Waals surface area contributed by atoms with Gasteiger partial charge in [-0.3, -0.25) is 4.98 Å². The number of nitrogens with one attached hydrogen (secondary N) is 1. The average Bonchev–Trinajstić information content (AvgIpc) is 2.85. The van der Waals surface area contributed by atoms with Gasteiger partial charge in [0.25, 0.3) is 0 Å². The van der Waals surface area contributed by atoms with E-state index in [1.165, 1.54) is 6.20 Å². The number of hydrogen-bond acceptors (Lipinski definition) is 6. The van der Waals surface area contributed by atoms with E-state index in [1.807, 2.05) is 26.8 Å². The number of piperidine rings is 1. The number of halogens is 2. The standard InChI is InChI=1S/C27H28Cl2N4O4/c1-27(2,3)37-26(34)33-10-8-17(9-11-33)36-24-13-18-21(14-23(24)35-5)31-15-22(30-4)25(18)32-16-6-7-19(28)20(29)12-16/h6-7,12-15,17H,8-11H2,1-3,5H3,(H,31,32). The van der Waals surface area contributed by atoms with Gasteiger partial charge in [0.1, 0.15) is 11.7 Å². The van der Waals surface area contributed by atoms with Crippen LogP contribution >= 0.6 is 23.2 Å². The van der Waals surface area contributed by atoms with Crippen molar-refractivity contribution in [1.82, 2.24) is 9.88 Å². The van der Waals surface area contributed by atoms with E-state index < -0.39 is 5.60 Å². The summed E-state index contributed by atoms with van der Waals surface area (Å²) in [6.45, 7) is 14.3. The van der Waals surface area contributed by atoms with E-state index in [4.69, 9.17) is 44.0 Å². The van der Waals surface area contributed by atoms with E-state index in [0.717, 1.165) is 0 Å². The highest BCUT2D eigenvalue weighted by atomic mass is 35.5. The molecule has 0 atom stereocenters. The number of pyridine rings is 1. The first-order valence-electron chi connectivity index (χ1n) is 11.8. The molecule has 1 aliphatic rings. The lowest BCUT2D eigenvalue weighted by Crippen LogP contribution is -2.44. The molecule has 1 fully saturated rings. The number of benzene rings is 2. The highest BCUT2D eigenvalue weighted by Crippen LogP contribution is 2.41. The summed E-state index contributed by atoms with van der Waals surface area (Å²) in [7, 11) is 1.57. The molecule has 0 unspecified atom stereocenters. The normalized spacial score (nSPS) is 14.2. The van der Waals surface area contributed by atoms with Crippen LogP contribution in [0.25, 0.3) is 15.7 Å². The van der Waals surface area contributed by atoms with Gasteiger partial charge in [0.2, 0.25) is 5.69 Å². The molecule has 2 heterocycles. The molecule has 2 aromatic carbocycles. The van der Waals surface area contributed by atoms with E-state index in [2.05, 4.69) is 15.1 Å². The number of likely N-dealkylation sites (tertiary alicyclic amines) is 1. The summed E-state index contributed by atoms with van der Waals surface area (Å²) in [5.41, 5.74) is 1.70. The Kier molecular flexibility index (Phi) is 7.86. The monoisotopic (exact) mass is 542 g/mol. The summed E-state index contributed by atoms with van der Waals surface area (Å²) in [6, 6.07) is 8.79. The number of aromatic nitrogens is 1. The molecule has 10 heteroatoms. The SMILES string of the molecule is [C-]#[N+]c1cnc2cc(OC)c(OC3CCN(C(=O)OC(C)(C)C)CC3)cc2c1Nc1ccc(Cl)c(Cl)c1. The van der Waals surface area contributed by atoms with Gasteiger partial charge < -0.3 is 24.4 Å². The first kappa shape index (κ1) is 26.6. The number of methoxy groups -OCH3 is 1. The summed E-state index contributed by atoms with van der Waals surface area (Å²) in [4.78, 5) is 22.2. The van der Waals surface area contributed by atoms with Gasteiger partial charge >= 0.3 is 6.09 Å². The van der Waals surface area contributed by atoms with Gasteiger partial charge in [0.15, 0.2) is 11.5 Å². The van der Waals surface area contributed by atoms with Gasteiger partial charge in [-0.1, -0.05) is 23.2 Å². The van der Waals surface area contributed by atoms with Crippen molar-refractivity contribution in [3.05, 3.63) is 58.0 Å². The van der Waals surface area contributed by atoms with Gasteiger partial charge in [-0.2, -0.15) is 0 Å². The summed E-state index contributed by atoms with van der Waals surface area (Å²) < 4.78 is 17.4. The Bertz CT molecular complexity index is 1360. The quantitative estimate of drug-likeness (QED) is 0.334. The lowest BCUT2D eigenvalue weighted by molar-refractivity contribution is 0.0124. The van der Waals surface area contributed by atoms with Crippen LogP contribution in [-0.4, -0.2) is 47.9 Å². The largest absolute Gasteiger partial charge is 0.493 e. The Morgan fingerprint density at radius 1 is 1.14 bits per heavy atom. The van der Waals surface area contributed by atoms with Crippen molar-refractivity contribution in [2.45, 2.75) is 45.3 Å². The maximum atomic E-state index is 12.4. The minimum absolute atomic E-state index is 0.117. The van der Waals surface area contributed by atoms with Gasteiger partial charge in [-0.25, -0.2) is 9.64 Å². The predicted octanol–water partition coefficient (Wildman–Crippen LogP) is 7.62. The third-order valence-corrected chi connectivity index (χ3v) is 6.57. The molecule has 1 aromatic heterocycles. The second kappa shape index (κ2) is 10.9. The number of rotatable bonds is 5. The highest BCUT2D eigenvalue weighted by Gasteiger charge is 2.28. The van der Waals surface area contributed by atoms with Gasteiger partial charge in [-0.15, -0.1) is 0 Å². The highest BCUT2D eigenvalue weighted by molar-refractivity contribution is 6.42. The molecule has 194 valence electrons. The molecule has 8 nitrogen and oxygen atoms in total. The number of nitrogens with zero attached hydrogens (tertiary/aromatic N) is 3. The van der Waals surface area contributed by atoms with Crippen molar-refractivity contribution in [3.63, 3.8) is 0 Å². The number of ether oxygens (including phenoxy) is 3. The minimum atomic E-state index is -0.537. The molecule has 1 aliphatic heterocycles. The number of anilines is 2. The Balaban J connectivity index is 1.60. The lowest BCUT2D eigenvalue weighted by atomic mass is 10.1. The molecule has 0 radical (unpaired) electrons. The van der Waals surface area contributed by atoms with Crippen molar-refractivity contribution >= 4 is 57.3 Å². The molecule has 1 saturated heterocycles. The molecular weight excluding hydrogens is 515 g/mol. The summed E-state index contributed by atoms with van der Waals surface area (Å²) >= 11 is 12.3. The molecule has 0 aliphatic carbocycles. The first-order valence-corrected chi connectivity index (χ1v) is 12.6. The lowest BCUT2D eigenvalue weighted by Gasteiger charge is -2.33. The number of hydrogen-bond donors (Lipinski definition) is 1. The molecule has 0 saturated carbocycles. The molecular formula is C27H28Cl2N4O4. The van der Waals surface area contributed by atoms with Crippen LogP contribution in [0, 0.1) is 6.57 Å². The van der Waals surface area contributed by atoms with Crippen LogP contribution < -0.4 is 14.8 Å². The van der Waals surface area contributed by atoms with Crippen LogP contribution in [0.4, 0.5) is 21.9 Å². The molecule has 1 N–H and O–H groups in total. The minimum Gasteiger partial charge on any atom is -0.493 e. The van der Waals surface area contributed by atoms with E-state index in [-0.39, 0.29) is 12.2 Å². The maximum absolute atomic E-state index is 12.4.